The number of carbonyl (C=O) groups excluding carboxylic acids is 1. The molecule has 6 heteroatoms. The van der Waals surface area contributed by atoms with E-state index in [-0.39, 0.29) is 5.91 Å². The van der Waals surface area contributed by atoms with Gasteiger partial charge in [-0.3, -0.25) is 14.6 Å². The third-order valence-electron chi connectivity index (χ3n) is 7.09. The molecule has 0 bridgehead atoms. The first kappa shape index (κ1) is 22.7. The van der Waals surface area contributed by atoms with E-state index in [0.717, 1.165) is 57.6 Å². The van der Waals surface area contributed by atoms with Crippen LogP contribution in [0, 0.1) is 5.92 Å². The van der Waals surface area contributed by atoms with Crippen molar-refractivity contribution >= 4 is 5.91 Å². The van der Waals surface area contributed by atoms with Crippen molar-refractivity contribution in [1.82, 2.24) is 19.7 Å². The maximum atomic E-state index is 11.8. The van der Waals surface area contributed by atoms with Gasteiger partial charge in [0.25, 0.3) is 0 Å². The molecule has 6 nitrogen and oxygen atoms in total. The van der Waals surface area contributed by atoms with Gasteiger partial charge in [-0.25, -0.2) is 4.98 Å². The van der Waals surface area contributed by atoms with Crippen LogP contribution in [0.15, 0.2) is 48.7 Å². The van der Waals surface area contributed by atoms with E-state index in [1.54, 1.807) is 20.2 Å². The van der Waals surface area contributed by atoms with Gasteiger partial charge in [0.15, 0.2) is 0 Å². The fraction of sp³-hybridized carbons (Fsp3) is 0.538. The molecule has 172 valence electrons. The summed E-state index contributed by atoms with van der Waals surface area (Å²) in [4.78, 5) is 23.2. The Bertz CT molecular complexity index is 859. The van der Waals surface area contributed by atoms with Crippen LogP contribution in [0.3, 0.4) is 0 Å². The van der Waals surface area contributed by atoms with Gasteiger partial charge in [0.2, 0.25) is 11.8 Å². The molecule has 1 atom stereocenters. The molecule has 2 fully saturated rings. The average Bonchev–Trinajstić information content (AvgIpc) is 2.84. The first-order valence-corrected chi connectivity index (χ1v) is 11.9. The quantitative estimate of drug-likeness (QED) is 0.664. The van der Waals surface area contributed by atoms with E-state index in [1.165, 1.54) is 30.4 Å². The van der Waals surface area contributed by atoms with E-state index in [0.29, 0.717) is 6.04 Å². The lowest BCUT2D eigenvalue weighted by molar-refractivity contribution is -0.131. The summed E-state index contributed by atoms with van der Waals surface area (Å²) in [5, 5.41) is 0. The molecular formula is C26H36N4O2. The number of carbonyl (C=O) groups is 1. The van der Waals surface area contributed by atoms with Gasteiger partial charge in [-0.2, -0.15) is 0 Å². The Kier molecular flexibility index (Phi) is 7.76. The summed E-state index contributed by atoms with van der Waals surface area (Å²) in [5.74, 6) is 1.65. The first-order valence-electron chi connectivity index (χ1n) is 11.9. The molecule has 0 saturated carbocycles. The minimum Gasteiger partial charge on any atom is -0.481 e. The number of piperazine rings is 1. The fourth-order valence-electron chi connectivity index (χ4n) is 5.18. The van der Waals surface area contributed by atoms with Gasteiger partial charge in [0.05, 0.1) is 7.11 Å². The van der Waals surface area contributed by atoms with E-state index in [2.05, 4.69) is 51.2 Å². The van der Waals surface area contributed by atoms with Crippen molar-refractivity contribution in [2.45, 2.75) is 38.8 Å². The zero-order chi connectivity index (χ0) is 22.3. The summed E-state index contributed by atoms with van der Waals surface area (Å²) in [5.41, 5.74) is 2.57. The van der Waals surface area contributed by atoms with Crippen LogP contribution < -0.4 is 4.74 Å². The number of pyridine rings is 1. The number of methoxy groups -OCH3 is 1. The molecule has 2 aliphatic rings. The number of hydrogen-bond acceptors (Lipinski definition) is 5. The molecule has 2 saturated heterocycles. The standard InChI is InChI=1S/C26H36N4O2/c1-21(31)29-15-17-30(18-16-29)25(23-7-4-3-5-8-23)19-22-10-13-28(14-11-22)20-24-9-6-12-27-26(24)32-2/h3-9,12,22,25H,10-11,13-20H2,1-2H3. The van der Waals surface area contributed by atoms with Crippen molar-refractivity contribution in [1.29, 1.82) is 0 Å². The van der Waals surface area contributed by atoms with Crippen molar-refractivity contribution in [2.24, 2.45) is 5.92 Å². The molecule has 0 N–H and O–H groups in total. The van der Waals surface area contributed by atoms with Gasteiger partial charge in [-0.05, 0) is 49.9 Å². The number of amides is 1. The van der Waals surface area contributed by atoms with Gasteiger partial charge in [-0.15, -0.1) is 0 Å². The van der Waals surface area contributed by atoms with Gasteiger partial charge < -0.3 is 9.64 Å². The number of likely N-dealkylation sites (tertiary alicyclic amines) is 1. The van der Waals surface area contributed by atoms with Crippen LogP contribution in [0.1, 0.15) is 43.4 Å². The normalized spacial score (nSPS) is 19.6. The van der Waals surface area contributed by atoms with E-state index in [9.17, 15) is 4.79 Å². The van der Waals surface area contributed by atoms with Crippen LogP contribution in [0.5, 0.6) is 5.88 Å². The summed E-state index contributed by atoms with van der Waals surface area (Å²) >= 11 is 0. The second kappa shape index (κ2) is 10.9. The molecule has 1 aromatic carbocycles. The summed E-state index contributed by atoms with van der Waals surface area (Å²) < 4.78 is 5.43. The second-order valence-electron chi connectivity index (χ2n) is 9.10. The zero-order valence-electron chi connectivity index (χ0n) is 19.4. The molecule has 0 aliphatic carbocycles. The summed E-state index contributed by atoms with van der Waals surface area (Å²) in [6.45, 7) is 8.40. The third kappa shape index (κ3) is 5.67. The van der Waals surface area contributed by atoms with Crippen LogP contribution in [-0.2, 0) is 11.3 Å². The van der Waals surface area contributed by atoms with E-state index in [4.69, 9.17) is 4.74 Å². The Morgan fingerprint density at radius 3 is 2.41 bits per heavy atom. The maximum absolute atomic E-state index is 11.8. The fourth-order valence-corrected chi connectivity index (χ4v) is 5.18. The summed E-state index contributed by atoms with van der Waals surface area (Å²) in [7, 11) is 1.69. The number of hydrogen-bond donors (Lipinski definition) is 0. The number of ether oxygens (including phenoxy) is 1. The lowest BCUT2D eigenvalue weighted by Gasteiger charge is -2.41. The highest BCUT2D eigenvalue weighted by Crippen LogP contribution is 2.33. The molecule has 2 aromatic rings. The largest absolute Gasteiger partial charge is 0.481 e. The number of piperidine rings is 1. The second-order valence-corrected chi connectivity index (χ2v) is 9.10. The topological polar surface area (TPSA) is 48.9 Å². The predicted molar refractivity (Wildman–Crippen MR) is 126 cm³/mol. The minimum atomic E-state index is 0.193. The molecule has 1 aromatic heterocycles. The zero-order valence-corrected chi connectivity index (χ0v) is 19.4. The van der Waals surface area contributed by atoms with Crippen molar-refractivity contribution in [3.8, 4) is 5.88 Å². The maximum Gasteiger partial charge on any atom is 0.219 e. The molecule has 32 heavy (non-hydrogen) atoms. The average molecular weight is 437 g/mol. The molecule has 2 aliphatic heterocycles. The Hall–Kier alpha value is -2.44. The first-order chi connectivity index (χ1) is 15.6. The number of benzene rings is 1. The highest BCUT2D eigenvalue weighted by molar-refractivity contribution is 5.73. The van der Waals surface area contributed by atoms with Crippen LogP contribution in [0.25, 0.3) is 0 Å². The van der Waals surface area contributed by atoms with Gasteiger partial charge in [0.1, 0.15) is 0 Å². The predicted octanol–water partition coefficient (Wildman–Crippen LogP) is 3.60. The Balaban J connectivity index is 1.36. The van der Waals surface area contributed by atoms with Gasteiger partial charge in [0, 0.05) is 57.4 Å². The van der Waals surface area contributed by atoms with Crippen LogP contribution in [0.4, 0.5) is 0 Å². The highest BCUT2D eigenvalue weighted by atomic mass is 16.5. The lowest BCUT2D eigenvalue weighted by atomic mass is 9.86. The molecule has 4 rings (SSSR count). The number of nitrogens with zero attached hydrogens (tertiary/aromatic N) is 4. The highest BCUT2D eigenvalue weighted by Gasteiger charge is 2.30. The molecule has 0 spiro atoms. The van der Waals surface area contributed by atoms with Crippen LogP contribution in [-0.4, -0.2) is 72.0 Å². The van der Waals surface area contributed by atoms with E-state index >= 15 is 0 Å². The molecule has 1 unspecified atom stereocenters. The van der Waals surface area contributed by atoms with Crippen molar-refractivity contribution in [2.75, 3.05) is 46.4 Å². The van der Waals surface area contributed by atoms with Gasteiger partial charge in [-0.1, -0.05) is 36.4 Å². The molecular weight excluding hydrogens is 400 g/mol. The lowest BCUT2D eigenvalue weighted by Crippen LogP contribution is -2.49. The van der Waals surface area contributed by atoms with Crippen molar-refractivity contribution in [3.63, 3.8) is 0 Å². The van der Waals surface area contributed by atoms with Crippen LogP contribution in [0.2, 0.25) is 0 Å². The van der Waals surface area contributed by atoms with Gasteiger partial charge >= 0.3 is 0 Å². The van der Waals surface area contributed by atoms with Crippen LogP contribution >= 0.6 is 0 Å². The minimum absolute atomic E-state index is 0.193. The molecule has 0 radical (unpaired) electrons. The summed E-state index contributed by atoms with van der Waals surface area (Å²) in [6.07, 6.45) is 5.42. The van der Waals surface area contributed by atoms with E-state index < -0.39 is 0 Å². The van der Waals surface area contributed by atoms with E-state index in [1.807, 2.05) is 11.0 Å². The SMILES string of the molecule is COc1ncccc1CN1CCC(CC(c2ccccc2)N2CCN(C(C)=O)CC2)CC1. The monoisotopic (exact) mass is 436 g/mol. The Labute approximate surface area is 192 Å². The molecule has 3 heterocycles. The molecule has 1 amide bonds. The smallest absolute Gasteiger partial charge is 0.219 e. The number of rotatable bonds is 7. The third-order valence-corrected chi connectivity index (χ3v) is 7.09. The Morgan fingerprint density at radius 2 is 1.75 bits per heavy atom. The van der Waals surface area contributed by atoms with Crippen molar-refractivity contribution < 1.29 is 9.53 Å². The summed E-state index contributed by atoms with van der Waals surface area (Å²) in [6, 6.07) is 15.5. The Morgan fingerprint density at radius 1 is 1.03 bits per heavy atom. The van der Waals surface area contributed by atoms with Crippen molar-refractivity contribution in [3.05, 3.63) is 59.8 Å². The number of aromatic nitrogens is 1.